The zero-order valence-corrected chi connectivity index (χ0v) is 10.7. The van der Waals surface area contributed by atoms with Crippen molar-refractivity contribution in [2.75, 3.05) is 0 Å². The fraction of sp³-hybridized carbons (Fsp3) is 0.800. The van der Waals surface area contributed by atoms with Crippen molar-refractivity contribution in [1.82, 2.24) is 0 Å². The number of hydrogen-bond acceptors (Lipinski definition) is 1. The van der Waals surface area contributed by atoms with Crippen LogP contribution in [0, 0.1) is 22.7 Å². The van der Waals surface area contributed by atoms with Crippen LogP contribution in [0.1, 0.15) is 52.9 Å². The predicted molar refractivity (Wildman–Crippen MR) is 65.0 cm³/mol. The molecule has 3 aliphatic rings. The van der Waals surface area contributed by atoms with Crippen molar-refractivity contribution in [2.45, 2.75) is 52.9 Å². The Balaban J connectivity index is 1.96. The smallest absolute Gasteiger partial charge is 0.156 e. The predicted octanol–water partition coefficient (Wildman–Crippen LogP) is 3.74. The van der Waals surface area contributed by atoms with Crippen molar-refractivity contribution < 1.29 is 4.79 Å². The van der Waals surface area contributed by atoms with Gasteiger partial charge in [0.2, 0.25) is 0 Å². The summed E-state index contributed by atoms with van der Waals surface area (Å²) in [6.07, 6.45) is 7.85. The fourth-order valence-electron chi connectivity index (χ4n) is 4.43. The Kier molecular flexibility index (Phi) is 1.98. The lowest BCUT2D eigenvalue weighted by atomic mass is 9.53. The van der Waals surface area contributed by atoms with Crippen molar-refractivity contribution in [3.05, 3.63) is 11.6 Å². The van der Waals surface area contributed by atoms with Crippen LogP contribution in [0.5, 0.6) is 0 Å². The molecule has 0 spiro atoms. The number of ketones is 1. The molecule has 0 aromatic carbocycles. The summed E-state index contributed by atoms with van der Waals surface area (Å²) in [5.41, 5.74) is 2.29. The Morgan fingerprint density at radius 1 is 1.25 bits per heavy atom. The molecule has 16 heavy (non-hydrogen) atoms. The Morgan fingerprint density at radius 2 is 2.00 bits per heavy atom. The molecular weight excluding hydrogens is 196 g/mol. The van der Waals surface area contributed by atoms with E-state index in [1.54, 1.807) is 0 Å². The maximum atomic E-state index is 11.8. The molecule has 3 unspecified atom stereocenters. The van der Waals surface area contributed by atoms with E-state index >= 15 is 0 Å². The highest BCUT2D eigenvalue weighted by atomic mass is 16.1. The van der Waals surface area contributed by atoms with Crippen LogP contribution < -0.4 is 0 Å². The van der Waals surface area contributed by atoms with E-state index in [4.69, 9.17) is 0 Å². The maximum Gasteiger partial charge on any atom is 0.156 e. The van der Waals surface area contributed by atoms with Crippen LogP contribution in [0.15, 0.2) is 11.6 Å². The molecule has 3 atom stereocenters. The number of allylic oxidation sites excluding steroid dienone is 2. The standard InChI is InChI=1S/C15H22O/c1-14(2)9-12-10-6-11(16)8-15(3,7-10)5-4-13(12)14/h6,12-13H,4-5,7-9H2,1-3H3. The van der Waals surface area contributed by atoms with Crippen molar-refractivity contribution in [3.63, 3.8) is 0 Å². The molecule has 0 aliphatic heterocycles. The Bertz CT molecular complexity index is 377. The van der Waals surface area contributed by atoms with Crippen LogP contribution in [-0.4, -0.2) is 5.78 Å². The maximum absolute atomic E-state index is 11.8. The van der Waals surface area contributed by atoms with E-state index in [9.17, 15) is 4.79 Å². The molecule has 1 heteroatoms. The minimum atomic E-state index is 0.286. The lowest BCUT2D eigenvalue weighted by Crippen LogP contribution is -2.44. The van der Waals surface area contributed by atoms with Gasteiger partial charge in [0.25, 0.3) is 0 Å². The SMILES string of the molecule is CC12CCC3C(CC3(C)C)C(=CC(=O)C1)C2. The topological polar surface area (TPSA) is 17.1 Å². The Labute approximate surface area is 98.3 Å². The number of rotatable bonds is 0. The summed E-state index contributed by atoms with van der Waals surface area (Å²) in [5.74, 6) is 1.96. The molecule has 0 radical (unpaired) electrons. The van der Waals surface area contributed by atoms with E-state index in [1.165, 1.54) is 31.3 Å². The molecule has 1 nitrogen and oxygen atoms in total. The van der Waals surface area contributed by atoms with Gasteiger partial charge in [0, 0.05) is 6.42 Å². The first-order chi connectivity index (χ1) is 7.40. The molecule has 3 aliphatic carbocycles. The van der Waals surface area contributed by atoms with Gasteiger partial charge >= 0.3 is 0 Å². The minimum Gasteiger partial charge on any atom is -0.295 e. The van der Waals surface area contributed by atoms with Crippen LogP contribution >= 0.6 is 0 Å². The van der Waals surface area contributed by atoms with Gasteiger partial charge in [-0.15, -0.1) is 0 Å². The van der Waals surface area contributed by atoms with Crippen LogP contribution in [0.2, 0.25) is 0 Å². The molecular formula is C15H22O. The summed E-state index contributed by atoms with van der Waals surface area (Å²) < 4.78 is 0. The summed E-state index contributed by atoms with van der Waals surface area (Å²) in [5, 5.41) is 0. The molecule has 0 saturated heterocycles. The second kappa shape index (κ2) is 3.00. The van der Waals surface area contributed by atoms with E-state index in [0.717, 1.165) is 18.3 Å². The van der Waals surface area contributed by atoms with Gasteiger partial charge in [-0.1, -0.05) is 26.3 Å². The Hall–Kier alpha value is -0.590. The average Bonchev–Trinajstić information content (AvgIpc) is 2.19. The monoisotopic (exact) mass is 218 g/mol. The van der Waals surface area contributed by atoms with Gasteiger partial charge in [-0.2, -0.15) is 0 Å². The number of carbonyl (C=O) groups excluding carboxylic acids is 1. The third-order valence-electron chi connectivity index (χ3n) is 5.35. The highest BCUT2D eigenvalue weighted by Gasteiger charge is 2.52. The average molecular weight is 218 g/mol. The van der Waals surface area contributed by atoms with E-state index in [1.807, 2.05) is 6.08 Å². The van der Waals surface area contributed by atoms with Gasteiger partial charge in [0.05, 0.1) is 0 Å². The highest BCUT2D eigenvalue weighted by molar-refractivity contribution is 5.92. The summed E-state index contributed by atoms with van der Waals surface area (Å²) in [6.45, 7) is 7.11. The van der Waals surface area contributed by atoms with E-state index in [0.29, 0.717) is 11.2 Å². The lowest BCUT2D eigenvalue weighted by molar-refractivity contribution is -0.117. The molecule has 0 aromatic heterocycles. The highest BCUT2D eigenvalue weighted by Crippen LogP contribution is 2.61. The van der Waals surface area contributed by atoms with E-state index in [2.05, 4.69) is 20.8 Å². The number of fused-ring (bicyclic) bond motifs is 4. The summed E-state index contributed by atoms with van der Waals surface area (Å²) >= 11 is 0. The molecule has 0 N–H and O–H groups in total. The number of hydrogen-bond donors (Lipinski definition) is 0. The molecule has 2 fully saturated rings. The summed E-state index contributed by atoms with van der Waals surface area (Å²) in [4.78, 5) is 11.8. The number of carbonyl (C=O) groups is 1. The zero-order chi connectivity index (χ0) is 11.6. The molecule has 0 amide bonds. The van der Waals surface area contributed by atoms with Crippen LogP contribution in [0.3, 0.4) is 0 Å². The second-order valence-electron chi connectivity index (χ2n) is 7.29. The van der Waals surface area contributed by atoms with Gasteiger partial charge in [-0.25, -0.2) is 0 Å². The van der Waals surface area contributed by atoms with Crippen molar-refractivity contribution >= 4 is 5.78 Å². The van der Waals surface area contributed by atoms with Gasteiger partial charge < -0.3 is 0 Å². The first kappa shape index (κ1) is 10.6. The van der Waals surface area contributed by atoms with E-state index < -0.39 is 0 Å². The van der Waals surface area contributed by atoms with Crippen molar-refractivity contribution in [2.24, 2.45) is 22.7 Å². The molecule has 2 saturated carbocycles. The zero-order valence-electron chi connectivity index (χ0n) is 10.7. The van der Waals surface area contributed by atoms with Crippen LogP contribution in [0.4, 0.5) is 0 Å². The molecule has 0 heterocycles. The second-order valence-corrected chi connectivity index (χ2v) is 7.29. The van der Waals surface area contributed by atoms with Gasteiger partial charge in [-0.05, 0) is 54.4 Å². The van der Waals surface area contributed by atoms with Gasteiger partial charge in [0.15, 0.2) is 5.78 Å². The van der Waals surface area contributed by atoms with Gasteiger partial charge in [-0.3, -0.25) is 4.79 Å². The fourth-order valence-corrected chi connectivity index (χ4v) is 4.43. The van der Waals surface area contributed by atoms with Gasteiger partial charge in [0.1, 0.15) is 0 Å². The normalized spacial score (nSPS) is 45.2. The summed E-state index contributed by atoms with van der Waals surface area (Å²) in [6, 6.07) is 0. The minimum absolute atomic E-state index is 0.286. The quantitative estimate of drug-likeness (QED) is 0.605. The lowest BCUT2D eigenvalue weighted by Gasteiger charge is -2.52. The molecule has 0 aromatic rings. The third kappa shape index (κ3) is 1.40. The largest absolute Gasteiger partial charge is 0.295 e. The van der Waals surface area contributed by atoms with Crippen molar-refractivity contribution in [1.29, 1.82) is 0 Å². The van der Waals surface area contributed by atoms with Crippen LogP contribution in [0.25, 0.3) is 0 Å². The van der Waals surface area contributed by atoms with E-state index in [-0.39, 0.29) is 5.41 Å². The first-order valence-corrected chi connectivity index (χ1v) is 6.63. The third-order valence-corrected chi connectivity index (χ3v) is 5.35. The molecule has 88 valence electrons. The Morgan fingerprint density at radius 3 is 2.69 bits per heavy atom. The molecule has 2 bridgehead atoms. The summed E-state index contributed by atoms with van der Waals surface area (Å²) in [7, 11) is 0. The van der Waals surface area contributed by atoms with Crippen molar-refractivity contribution in [3.8, 4) is 0 Å². The molecule has 3 rings (SSSR count). The van der Waals surface area contributed by atoms with Crippen LogP contribution in [-0.2, 0) is 4.79 Å². The first-order valence-electron chi connectivity index (χ1n) is 6.63.